The molecule has 192 valence electrons. The van der Waals surface area contributed by atoms with E-state index in [0.717, 1.165) is 22.5 Å². The van der Waals surface area contributed by atoms with Gasteiger partial charge in [0.2, 0.25) is 0 Å². The topological polar surface area (TPSA) is 110 Å². The van der Waals surface area contributed by atoms with E-state index in [1.165, 1.54) is 27.8 Å². The number of carbonyl (C=O) groups is 2. The lowest BCUT2D eigenvalue weighted by Crippen LogP contribution is -2.33. The number of anilines is 4. The highest BCUT2D eigenvalue weighted by Crippen LogP contribution is 2.73. The lowest BCUT2D eigenvalue weighted by atomic mass is 9.61. The Morgan fingerprint density at radius 3 is 1.80 bits per heavy atom. The molecule has 6 heteroatoms. The quantitative estimate of drug-likeness (QED) is 0.218. The number of nitrogen functional groups attached to an aromatic ring is 2. The second kappa shape index (κ2) is 7.83. The van der Waals surface area contributed by atoms with E-state index in [1.807, 2.05) is 12.1 Å². The van der Waals surface area contributed by atoms with Crippen LogP contribution in [0.5, 0.6) is 0 Å². The Balaban J connectivity index is 1.31. The standard InChI is InChI=1S/C34H24N4O2/c35-20-12-8-18(9-13-20)32(39)37-26-16-17-27(38-33(40)19-10-14-21(36)15-11-19)31-29(26)28-22-4-1-2-6-24(22)34(31)25-7-3-5-23(28)30(25)34/h1-17,28H,35-36H2,(H,37,39)(H,38,40). The van der Waals surface area contributed by atoms with E-state index in [9.17, 15) is 9.59 Å². The molecule has 1 spiro atoms. The van der Waals surface area contributed by atoms with Crippen molar-refractivity contribution in [2.75, 3.05) is 22.1 Å². The van der Waals surface area contributed by atoms with Crippen molar-refractivity contribution in [3.63, 3.8) is 0 Å². The van der Waals surface area contributed by atoms with Gasteiger partial charge in [-0.2, -0.15) is 0 Å². The van der Waals surface area contributed by atoms with Crippen LogP contribution in [-0.4, -0.2) is 11.8 Å². The summed E-state index contributed by atoms with van der Waals surface area (Å²) in [5, 5.41) is 6.38. The van der Waals surface area contributed by atoms with E-state index in [1.54, 1.807) is 48.5 Å². The molecule has 4 aliphatic carbocycles. The summed E-state index contributed by atoms with van der Waals surface area (Å²) in [6.45, 7) is 0. The Morgan fingerprint density at radius 1 is 0.575 bits per heavy atom. The molecule has 2 bridgehead atoms. The molecular formula is C34H24N4O2. The smallest absolute Gasteiger partial charge is 0.255 e. The SMILES string of the molecule is Nc1ccc(C(=O)Nc2ccc(NC(=O)c3ccc(N)cc3)c3c2C2c4ccccc4C34c3cccc2c34)cc1. The Morgan fingerprint density at radius 2 is 1.12 bits per heavy atom. The van der Waals surface area contributed by atoms with E-state index in [4.69, 9.17) is 11.5 Å². The molecule has 5 aromatic carbocycles. The van der Waals surface area contributed by atoms with E-state index < -0.39 is 5.41 Å². The number of nitrogens with two attached hydrogens (primary N) is 2. The summed E-state index contributed by atoms with van der Waals surface area (Å²) >= 11 is 0. The van der Waals surface area contributed by atoms with Gasteiger partial charge in [0, 0.05) is 45.4 Å². The lowest BCUT2D eigenvalue weighted by Gasteiger charge is -2.42. The Labute approximate surface area is 230 Å². The Kier molecular flexibility index (Phi) is 4.43. The molecular weight excluding hydrogens is 496 g/mol. The van der Waals surface area contributed by atoms with Crippen LogP contribution in [0.25, 0.3) is 0 Å². The predicted molar refractivity (Wildman–Crippen MR) is 157 cm³/mol. The maximum absolute atomic E-state index is 13.4. The first-order valence-electron chi connectivity index (χ1n) is 13.2. The molecule has 9 rings (SSSR count). The number of amides is 2. The third-order valence-corrected chi connectivity index (χ3v) is 8.55. The number of hydrogen-bond donors (Lipinski definition) is 4. The molecule has 4 aliphatic rings. The molecule has 6 N–H and O–H groups in total. The van der Waals surface area contributed by atoms with Crippen LogP contribution in [0.15, 0.2) is 103 Å². The van der Waals surface area contributed by atoms with E-state index in [0.29, 0.717) is 22.5 Å². The highest BCUT2D eigenvalue weighted by Gasteiger charge is 2.65. The van der Waals surface area contributed by atoms with Gasteiger partial charge in [-0.15, -0.1) is 0 Å². The fourth-order valence-electron chi connectivity index (χ4n) is 6.89. The first kappa shape index (κ1) is 22.6. The molecule has 5 aromatic rings. The first-order chi connectivity index (χ1) is 19.5. The number of hydrogen-bond acceptors (Lipinski definition) is 4. The van der Waals surface area contributed by atoms with Gasteiger partial charge in [0.25, 0.3) is 11.8 Å². The fraction of sp³-hybridized carbons (Fsp3) is 0.0588. The van der Waals surface area contributed by atoms with Crippen molar-refractivity contribution in [3.8, 4) is 0 Å². The average Bonchev–Trinajstić information content (AvgIpc) is 3.65. The van der Waals surface area contributed by atoms with E-state index >= 15 is 0 Å². The normalized spacial score (nSPS) is 18.2. The number of benzene rings is 5. The molecule has 2 atom stereocenters. The van der Waals surface area contributed by atoms with Crippen molar-refractivity contribution in [3.05, 3.63) is 153 Å². The number of carbonyl (C=O) groups excluding carboxylic acids is 2. The van der Waals surface area contributed by atoms with Crippen molar-refractivity contribution < 1.29 is 9.59 Å². The first-order valence-corrected chi connectivity index (χ1v) is 13.2. The minimum Gasteiger partial charge on any atom is -0.399 e. The summed E-state index contributed by atoms with van der Waals surface area (Å²) in [7, 11) is 0. The van der Waals surface area contributed by atoms with Gasteiger partial charge in [-0.25, -0.2) is 0 Å². The van der Waals surface area contributed by atoms with E-state index in [2.05, 4.69) is 53.1 Å². The second-order valence-corrected chi connectivity index (χ2v) is 10.6. The van der Waals surface area contributed by atoms with Crippen LogP contribution in [0.2, 0.25) is 0 Å². The van der Waals surface area contributed by atoms with E-state index in [-0.39, 0.29) is 17.7 Å². The molecule has 0 saturated carbocycles. The number of nitrogens with one attached hydrogen (secondary N) is 2. The van der Waals surface area contributed by atoms with Crippen molar-refractivity contribution in [2.24, 2.45) is 0 Å². The van der Waals surface area contributed by atoms with Crippen molar-refractivity contribution in [2.45, 2.75) is 11.3 Å². The minimum atomic E-state index is -0.453. The van der Waals surface area contributed by atoms with Crippen molar-refractivity contribution >= 4 is 34.6 Å². The zero-order valence-electron chi connectivity index (χ0n) is 21.4. The molecule has 2 amide bonds. The van der Waals surface area contributed by atoms with Crippen LogP contribution in [0.4, 0.5) is 22.7 Å². The highest BCUT2D eigenvalue weighted by molar-refractivity contribution is 6.09. The summed E-state index contributed by atoms with van der Waals surface area (Å²) < 4.78 is 0. The van der Waals surface area contributed by atoms with Crippen molar-refractivity contribution in [1.29, 1.82) is 0 Å². The van der Waals surface area contributed by atoms with Crippen LogP contribution < -0.4 is 22.1 Å². The number of rotatable bonds is 4. The zero-order valence-corrected chi connectivity index (χ0v) is 21.4. The summed E-state index contributed by atoms with van der Waals surface area (Å²) in [6, 6.07) is 32.6. The molecule has 0 aliphatic heterocycles. The summed E-state index contributed by atoms with van der Waals surface area (Å²) in [4.78, 5) is 26.8. The van der Waals surface area contributed by atoms with Crippen molar-refractivity contribution in [1.82, 2.24) is 0 Å². The Bertz CT molecular complexity index is 1910. The second-order valence-electron chi connectivity index (χ2n) is 10.6. The fourth-order valence-corrected chi connectivity index (χ4v) is 6.89. The largest absolute Gasteiger partial charge is 0.399 e. The van der Waals surface area contributed by atoms with Gasteiger partial charge in [0.15, 0.2) is 0 Å². The van der Waals surface area contributed by atoms with Crippen LogP contribution in [0.1, 0.15) is 65.6 Å². The predicted octanol–water partition coefficient (Wildman–Crippen LogP) is 5.86. The summed E-state index contributed by atoms with van der Waals surface area (Å²) in [5.41, 5.74) is 23.3. The van der Waals surface area contributed by atoms with Gasteiger partial charge in [0.1, 0.15) is 0 Å². The summed E-state index contributed by atoms with van der Waals surface area (Å²) in [5.74, 6) is -0.492. The Hall–Kier alpha value is -5.36. The monoisotopic (exact) mass is 520 g/mol. The maximum Gasteiger partial charge on any atom is 0.255 e. The van der Waals surface area contributed by atoms with Crippen LogP contribution in [0.3, 0.4) is 0 Å². The van der Waals surface area contributed by atoms with Gasteiger partial charge in [-0.05, 0) is 94.0 Å². The maximum atomic E-state index is 13.4. The molecule has 0 fully saturated rings. The van der Waals surface area contributed by atoms with Gasteiger partial charge in [0.05, 0.1) is 5.41 Å². The third kappa shape index (κ3) is 2.87. The van der Waals surface area contributed by atoms with Gasteiger partial charge in [-0.1, -0.05) is 42.5 Å². The lowest BCUT2D eigenvalue weighted by molar-refractivity contribution is 0.101. The molecule has 0 saturated heterocycles. The van der Waals surface area contributed by atoms with Crippen LogP contribution in [-0.2, 0) is 5.41 Å². The summed E-state index contributed by atoms with van der Waals surface area (Å²) in [6.07, 6.45) is 0. The third-order valence-electron chi connectivity index (χ3n) is 8.55. The van der Waals surface area contributed by atoms with Gasteiger partial charge in [-0.3, -0.25) is 9.59 Å². The highest BCUT2D eigenvalue weighted by atomic mass is 16.2. The molecule has 40 heavy (non-hydrogen) atoms. The average molecular weight is 521 g/mol. The zero-order chi connectivity index (χ0) is 27.2. The minimum absolute atomic E-state index is 0.0689. The molecule has 0 aromatic heterocycles. The van der Waals surface area contributed by atoms with Crippen LogP contribution in [0, 0.1) is 0 Å². The van der Waals surface area contributed by atoms with Gasteiger partial charge >= 0.3 is 0 Å². The molecule has 2 unspecified atom stereocenters. The molecule has 0 radical (unpaired) electrons. The molecule has 6 nitrogen and oxygen atoms in total. The molecule has 0 heterocycles. The van der Waals surface area contributed by atoms with Gasteiger partial charge < -0.3 is 22.1 Å². The van der Waals surface area contributed by atoms with Crippen LogP contribution >= 0.6 is 0 Å².